The van der Waals surface area contributed by atoms with Crippen molar-refractivity contribution in [1.82, 2.24) is 0 Å². The van der Waals surface area contributed by atoms with Gasteiger partial charge in [0.25, 0.3) is 0 Å². The van der Waals surface area contributed by atoms with Gasteiger partial charge in [0.1, 0.15) is 44.7 Å². The lowest BCUT2D eigenvalue weighted by Gasteiger charge is -2.32. The number of esters is 2. The van der Waals surface area contributed by atoms with Gasteiger partial charge < -0.3 is 36.5 Å². The second-order valence-corrected chi connectivity index (χ2v) is 19.1. The molecule has 10 nitrogen and oxygen atoms in total. The van der Waals surface area contributed by atoms with E-state index in [0.717, 1.165) is 102 Å². The fourth-order valence-corrected chi connectivity index (χ4v) is 10.1. The molecule has 0 saturated carbocycles. The normalized spacial score (nSPS) is 14.1. The Hall–Kier alpha value is -7.39. The number of halogens is 1. The molecule has 0 bridgehead atoms. The van der Waals surface area contributed by atoms with Crippen LogP contribution in [0.15, 0.2) is 175 Å². The minimum absolute atomic E-state index is 0.346. The fraction of sp³-hybridized carbons (Fsp3) is 0.138. The summed E-state index contributed by atoms with van der Waals surface area (Å²) in [6.45, 7) is 8.28. The Morgan fingerprint density at radius 1 is 0.443 bits per heavy atom. The maximum Gasteiger partial charge on any atom is 0.495 e. The monoisotopic (exact) mass is 1040 g/mol. The first-order chi connectivity index (χ1) is 33.9. The number of ether oxygens (including phenoxy) is 2. The molecule has 13 rings (SSSR count). The maximum atomic E-state index is 12.7. The number of para-hydroxylation sites is 5. The van der Waals surface area contributed by atoms with E-state index in [-0.39, 0.29) is 24.3 Å². The maximum absolute atomic E-state index is 12.7. The Balaban J connectivity index is 0.000000119. The molecule has 4 aromatic heterocycles. The Bertz CT molecular complexity index is 4010. The van der Waals surface area contributed by atoms with Crippen LogP contribution in [0, 0.1) is 3.57 Å². The molecular formula is C58H44BIO10. The summed E-state index contributed by atoms with van der Waals surface area (Å²) in [5, 5.41) is 8.12. The number of methoxy groups -OCH3 is 2. The summed E-state index contributed by atoms with van der Waals surface area (Å²) in [4.78, 5) is 24.4. The first kappa shape index (κ1) is 45.1. The van der Waals surface area contributed by atoms with E-state index in [1.165, 1.54) is 14.2 Å². The Morgan fingerprint density at radius 3 is 1.49 bits per heavy atom. The zero-order chi connectivity index (χ0) is 48.5. The van der Waals surface area contributed by atoms with E-state index in [0.29, 0.717) is 16.7 Å². The van der Waals surface area contributed by atoms with E-state index in [1.807, 2.05) is 133 Å². The van der Waals surface area contributed by atoms with Gasteiger partial charge in [0.15, 0.2) is 0 Å². The number of carbonyl (C=O) groups excluding carboxylic acids is 2. The third-order valence-electron chi connectivity index (χ3n) is 13.5. The van der Waals surface area contributed by atoms with Gasteiger partial charge in [-0.1, -0.05) is 103 Å². The summed E-state index contributed by atoms with van der Waals surface area (Å²) >= 11 is 2.12. The number of hydrogen-bond donors (Lipinski definition) is 0. The Kier molecular flexibility index (Phi) is 11.3. The number of carbonyl (C=O) groups is 2. The molecule has 1 fully saturated rings. The van der Waals surface area contributed by atoms with Crippen molar-refractivity contribution >= 4 is 135 Å². The molecule has 12 aromatic rings. The number of furan rings is 4. The van der Waals surface area contributed by atoms with Gasteiger partial charge >= 0.3 is 19.1 Å². The molecule has 0 N–H and O–H groups in total. The lowest BCUT2D eigenvalue weighted by Crippen LogP contribution is -2.41. The predicted octanol–water partition coefficient (Wildman–Crippen LogP) is 14.8. The highest BCUT2D eigenvalue weighted by Gasteiger charge is 2.52. The number of benzene rings is 8. The molecule has 0 spiro atoms. The van der Waals surface area contributed by atoms with Crippen LogP contribution in [0.3, 0.4) is 0 Å². The van der Waals surface area contributed by atoms with Crippen LogP contribution in [0.25, 0.3) is 98.9 Å². The number of hydrogen-bond acceptors (Lipinski definition) is 10. The van der Waals surface area contributed by atoms with Gasteiger partial charge in [-0.3, -0.25) is 0 Å². The van der Waals surface area contributed by atoms with Crippen molar-refractivity contribution in [2.45, 2.75) is 38.9 Å². The Labute approximate surface area is 415 Å². The van der Waals surface area contributed by atoms with Crippen molar-refractivity contribution in [2.75, 3.05) is 14.2 Å². The zero-order valence-electron chi connectivity index (χ0n) is 39.0. The number of fused-ring (bicyclic) bond motifs is 12. The van der Waals surface area contributed by atoms with Gasteiger partial charge in [-0.15, -0.1) is 0 Å². The van der Waals surface area contributed by atoms with Gasteiger partial charge in [0.05, 0.1) is 40.1 Å². The van der Waals surface area contributed by atoms with Crippen LogP contribution in [0.5, 0.6) is 0 Å². The molecule has 1 aliphatic rings. The summed E-state index contributed by atoms with van der Waals surface area (Å²) in [6.07, 6.45) is 0. The van der Waals surface area contributed by atoms with Gasteiger partial charge in [0, 0.05) is 54.2 Å². The lowest BCUT2D eigenvalue weighted by atomic mass is 9.76. The van der Waals surface area contributed by atoms with E-state index < -0.39 is 5.97 Å². The van der Waals surface area contributed by atoms with Crippen molar-refractivity contribution in [3.05, 3.63) is 172 Å². The predicted molar refractivity (Wildman–Crippen MR) is 285 cm³/mol. The van der Waals surface area contributed by atoms with Gasteiger partial charge in [-0.2, -0.15) is 0 Å². The van der Waals surface area contributed by atoms with Crippen LogP contribution in [-0.2, 0) is 18.8 Å². The molecule has 0 aliphatic carbocycles. The molecule has 0 unspecified atom stereocenters. The third kappa shape index (κ3) is 7.49. The summed E-state index contributed by atoms with van der Waals surface area (Å²) in [7, 11) is 2.39. The van der Waals surface area contributed by atoms with E-state index in [1.54, 1.807) is 12.1 Å². The smallest absolute Gasteiger partial charge is 0.465 e. The molecule has 0 atom stereocenters. The second-order valence-electron chi connectivity index (χ2n) is 18.0. The standard InChI is InChI=1S/C26H16O4.C18H19BO3.C14H9IO3/c1-28-26(27)19-13-14-22-24(17-8-3-5-12-21(17)29-22)23(19)18-10-6-9-16-15-7-2-4-11-20(15)30-25(16)18;1-17(2)18(3,4)22-19(21-17)13-9-7-11-15-16(13)12-8-5-6-10-14(12)20-15;1-17-14(16)10-7-6-9-8-4-2-3-5-11(8)18-13(9)12(10)15/h2-14H,1H3;5-11H,1-4H3;2-7H,1H3. The van der Waals surface area contributed by atoms with Gasteiger partial charge in [-0.25, -0.2) is 9.59 Å². The molecule has 1 aliphatic heterocycles. The van der Waals surface area contributed by atoms with Gasteiger partial charge in [0.2, 0.25) is 0 Å². The van der Waals surface area contributed by atoms with Crippen molar-refractivity contribution in [3.63, 3.8) is 0 Å². The summed E-state index contributed by atoms with van der Waals surface area (Å²) < 4.78 is 47.2. The quantitative estimate of drug-likeness (QED) is 0.0956. The highest BCUT2D eigenvalue weighted by Crippen LogP contribution is 2.44. The van der Waals surface area contributed by atoms with Crippen LogP contribution < -0.4 is 5.46 Å². The Morgan fingerprint density at radius 2 is 0.886 bits per heavy atom. The van der Waals surface area contributed by atoms with E-state index >= 15 is 0 Å². The fourth-order valence-electron chi connectivity index (χ4n) is 9.31. The van der Waals surface area contributed by atoms with Crippen LogP contribution in [0.2, 0.25) is 0 Å². The van der Waals surface area contributed by atoms with Crippen LogP contribution >= 0.6 is 22.6 Å². The average molecular weight is 1040 g/mol. The largest absolute Gasteiger partial charge is 0.495 e. The first-order valence-electron chi connectivity index (χ1n) is 22.7. The SMILES string of the molecule is CC1(C)OB(c2cccc3oc4ccccc4c23)OC1(C)C.COC(=O)c1ccc2c(oc3ccccc32)c1I.COC(=O)c1ccc2oc3ccccc3c2c1-c1cccc2c1oc1ccccc12. The van der Waals surface area contributed by atoms with Gasteiger partial charge in [-0.05, 0) is 110 Å². The molecule has 1 saturated heterocycles. The summed E-state index contributed by atoms with van der Waals surface area (Å²) in [6, 6.07) is 51.0. The van der Waals surface area contributed by atoms with Crippen LogP contribution in [0.1, 0.15) is 48.4 Å². The molecule has 0 amide bonds. The highest BCUT2D eigenvalue weighted by molar-refractivity contribution is 14.1. The summed E-state index contributed by atoms with van der Waals surface area (Å²) in [5.74, 6) is -0.743. The van der Waals surface area contributed by atoms with E-state index in [9.17, 15) is 9.59 Å². The van der Waals surface area contributed by atoms with E-state index in [2.05, 4.69) is 62.4 Å². The van der Waals surface area contributed by atoms with Crippen LogP contribution in [-0.4, -0.2) is 44.5 Å². The van der Waals surface area contributed by atoms with Crippen molar-refractivity contribution < 1.29 is 46.0 Å². The minimum Gasteiger partial charge on any atom is -0.465 e. The second kappa shape index (κ2) is 17.5. The minimum atomic E-state index is -0.398. The first-order valence-corrected chi connectivity index (χ1v) is 23.8. The number of rotatable bonds is 4. The van der Waals surface area contributed by atoms with Crippen LogP contribution in [0.4, 0.5) is 0 Å². The average Bonchev–Trinajstić information content (AvgIpc) is 4.19. The van der Waals surface area contributed by atoms with Crippen molar-refractivity contribution in [2.24, 2.45) is 0 Å². The van der Waals surface area contributed by atoms with E-state index in [4.69, 9.17) is 36.5 Å². The lowest BCUT2D eigenvalue weighted by molar-refractivity contribution is 0.00578. The molecule has 346 valence electrons. The topological polar surface area (TPSA) is 124 Å². The van der Waals surface area contributed by atoms with Crippen molar-refractivity contribution in [3.8, 4) is 11.1 Å². The van der Waals surface area contributed by atoms with Crippen molar-refractivity contribution in [1.29, 1.82) is 0 Å². The zero-order valence-corrected chi connectivity index (χ0v) is 41.2. The molecule has 5 heterocycles. The molecule has 8 aromatic carbocycles. The summed E-state index contributed by atoms with van der Waals surface area (Å²) in [5.41, 5.74) is 9.29. The molecule has 0 radical (unpaired) electrons. The highest BCUT2D eigenvalue weighted by atomic mass is 127. The molecule has 12 heteroatoms. The molecule has 70 heavy (non-hydrogen) atoms. The molecular weight excluding hydrogens is 994 g/mol. The third-order valence-corrected chi connectivity index (χ3v) is 14.5.